The second kappa shape index (κ2) is 7.76. The number of Topliss-reactive ketones (excluding diaryl/α,β-unsaturated/α-hetero) is 1. The molecule has 0 aliphatic heterocycles. The Bertz CT molecular complexity index is 1270. The second-order valence-corrected chi connectivity index (χ2v) is 7.27. The van der Waals surface area contributed by atoms with Crippen LogP contribution in [0.4, 0.5) is 0 Å². The van der Waals surface area contributed by atoms with Gasteiger partial charge in [0, 0.05) is 22.7 Å². The molecule has 152 valence electrons. The number of benzene rings is 2. The summed E-state index contributed by atoms with van der Waals surface area (Å²) in [4.78, 5) is 32.4. The first-order valence-corrected chi connectivity index (χ1v) is 9.56. The monoisotopic (exact) mass is 421 g/mol. The zero-order chi connectivity index (χ0) is 20.0. The van der Waals surface area contributed by atoms with Crippen molar-refractivity contribution >= 4 is 18.2 Å². The van der Waals surface area contributed by atoms with Gasteiger partial charge < -0.3 is 4.98 Å². The molecular weight excluding hydrogens is 402 g/mol. The van der Waals surface area contributed by atoms with Gasteiger partial charge in [0.25, 0.3) is 0 Å². The quantitative estimate of drug-likeness (QED) is 0.470. The first-order valence-electron chi connectivity index (χ1n) is 9.56. The number of halogens is 1. The van der Waals surface area contributed by atoms with Crippen LogP contribution in [0.5, 0.6) is 0 Å². The molecule has 5 rings (SSSR count). The predicted octanol–water partition coefficient (Wildman–Crippen LogP) is 4.25. The van der Waals surface area contributed by atoms with Crippen molar-refractivity contribution in [1.82, 2.24) is 24.7 Å². The highest BCUT2D eigenvalue weighted by Gasteiger charge is 2.31. The van der Waals surface area contributed by atoms with E-state index in [0.717, 1.165) is 24.0 Å². The van der Waals surface area contributed by atoms with Crippen molar-refractivity contribution in [2.24, 2.45) is 0 Å². The van der Waals surface area contributed by atoms with Gasteiger partial charge in [-0.05, 0) is 25.8 Å². The normalized spacial score (nSPS) is 13.1. The zero-order valence-electron chi connectivity index (χ0n) is 16.3. The van der Waals surface area contributed by atoms with E-state index in [9.17, 15) is 9.59 Å². The maximum absolute atomic E-state index is 12.3. The highest BCUT2D eigenvalue weighted by Crippen LogP contribution is 2.38. The van der Waals surface area contributed by atoms with E-state index in [2.05, 4.69) is 15.2 Å². The van der Waals surface area contributed by atoms with E-state index in [1.807, 2.05) is 48.5 Å². The number of aromatic nitrogens is 5. The zero-order valence-corrected chi connectivity index (χ0v) is 17.1. The molecule has 30 heavy (non-hydrogen) atoms. The smallest absolute Gasteiger partial charge is 0.335 e. The molecule has 0 amide bonds. The van der Waals surface area contributed by atoms with Crippen molar-refractivity contribution in [3.8, 4) is 34.2 Å². The molecule has 2 aromatic heterocycles. The van der Waals surface area contributed by atoms with Crippen molar-refractivity contribution in [2.45, 2.75) is 25.8 Å². The molecule has 0 unspecified atom stereocenters. The summed E-state index contributed by atoms with van der Waals surface area (Å²) in [5, 5.41) is 6.86. The first-order chi connectivity index (χ1) is 14.1. The third-order valence-electron chi connectivity index (χ3n) is 5.13. The highest BCUT2D eigenvalue weighted by atomic mass is 35.5. The minimum atomic E-state index is -0.221. The highest BCUT2D eigenvalue weighted by molar-refractivity contribution is 5.95. The van der Waals surface area contributed by atoms with Crippen molar-refractivity contribution in [1.29, 1.82) is 0 Å². The molecule has 1 aliphatic rings. The lowest BCUT2D eigenvalue weighted by atomic mass is 10.0. The van der Waals surface area contributed by atoms with Crippen molar-refractivity contribution in [2.75, 3.05) is 0 Å². The van der Waals surface area contributed by atoms with E-state index < -0.39 is 0 Å². The Labute approximate surface area is 178 Å². The third-order valence-corrected chi connectivity index (χ3v) is 5.13. The van der Waals surface area contributed by atoms with E-state index in [-0.39, 0.29) is 29.9 Å². The number of aromatic amines is 2. The minimum absolute atomic E-state index is 0. The van der Waals surface area contributed by atoms with Gasteiger partial charge in [-0.25, -0.2) is 14.9 Å². The van der Waals surface area contributed by atoms with Crippen LogP contribution < -0.4 is 5.69 Å². The van der Waals surface area contributed by atoms with E-state index in [1.165, 1.54) is 0 Å². The summed E-state index contributed by atoms with van der Waals surface area (Å²) in [6, 6.07) is 17.3. The molecule has 1 fully saturated rings. The Morgan fingerprint density at radius 3 is 2.50 bits per heavy atom. The molecule has 2 heterocycles. The van der Waals surface area contributed by atoms with Gasteiger partial charge >= 0.3 is 5.69 Å². The Morgan fingerprint density at radius 1 is 1.07 bits per heavy atom. The molecule has 7 nitrogen and oxygen atoms in total. The average molecular weight is 422 g/mol. The maximum atomic E-state index is 12.3. The van der Waals surface area contributed by atoms with Crippen LogP contribution >= 0.6 is 12.4 Å². The molecule has 8 heteroatoms. The van der Waals surface area contributed by atoms with Gasteiger partial charge in [0.1, 0.15) is 17.2 Å². The molecule has 0 bridgehead atoms. The number of imidazole rings is 1. The SMILES string of the molecule is CC(=O)c1cccc(-c2nc(-c3ccccc3)[nH]c2-c2n[nH]c(=O)n2C2CC2)c1.Cl. The number of carbonyl (C=O) groups excluding carboxylic acids is 1. The molecule has 1 saturated carbocycles. The average Bonchev–Trinajstić information content (AvgIpc) is 3.36. The molecule has 2 aromatic carbocycles. The fourth-order valence-corrected chi connectivity index (χ4v) is 3.51. The summed E-state index contributed by atoms with van der Waals surface area (Å²) in [6.07, 6.45) is 1.92. The summed E-state index contributed by atoms with van der Waals surface area (Å²) in [6.45, 7) is 1.54. The van der Waals surface area contributed by atoms with E-state index in [4.69, 9.17) is 4.98 Å². The van der Waals surface area contributed by atoms with Crippen LogP contribution in [-0.2, 0) is 0 Å². The van der Waals surface area contributed by atoms with Crippen LogP contribution in [0.1, 0.15) is 36.2 Å². The number of hydrogen-bond donors (Lipinski definition) is 2. The summed E-state index contributed by atoms with van der Waals surface area (Å²) < 4.78 is 1.70. The molecule has 0 spiro atoms. The van der Waals surface area contributed by atoms with E-state index in [1.54, 1.807) is 17.6 Å². The molecular formula is C22H20ClN5O2. The Morgan fingerprint density at radius 2 is 1.80 bits per heavy atom. The van der Waals surface area contributed by atoms with Crippen LogP contribution in [0.2, 0.25) is 0 Å². The van der Waals surface area contributed by atoms with Gasteiger partial charge in [0.05, 0.1) is 0 Å². The molecule has 0 radical (unpaired) electrons. The lowest BCUT2D eigenvalue weighted by molar-refractivity contribution is 0.101. The van der Waals surface area contributed by atoms with Gasteiger partial charge in [-0.3, -0.25) is 9.36 Å². The van der Waals surface area contributed by atoms with Crippen molar-refractivity contribution in [3.63, 3.8) is 0 Å². The number of ketones is 1. The number of rotatable bonds is 5. The van der Waals surface area contributed by atoms with Crippen LogP contribution in [0.3, 0.4) is 0 Å². The van der Waals surface area contributed by atoms with Gasteiger partial charge in [-0.15, -0.1) is 12.4 Å². The Hall–Kier alpha value is -3.45. The molecule has 0 atom stereocenters. The number of nitrogens with one attached hydrogen (secondary N) is 2. The molecule has 0 saturated heterocycles. The van der Waals surface area contributed by atoms with Gasteiger partial charge in [-0.2, -0.15) is 5.10 Å². The number of carbonyl (C=O) groups is 1. The maximum Gasteiger partial charge on any atom is 0.343 e. The summed E-state index contributed by atoms with van der Waals surface area (Å²) in [7, 11) is 0. The first kappa shape index (κ1) is 19.8. The Balaban J connectivity index is 0.00000218. The van der Waals surface area contributed by atoms with E-state index >= 15 is 0 Å². The van der Waals surface area contributed by atoms with Crippen molar-refractivity contribution < 1.29 is 4.79 Å². The summed E-state index contributed by atoms with van der Waals surface area (Å²) in [5.41, 5.74) is 3.44. The van der Waals surface area contributed by atoms with Crippen LogP contribution in [-0.4, -0.2) is 30.5 Å². The number of nitrogens with zero attached hydrogens (tertiary/aromatic N) is 3. The third kappa shape index (κ3) is 3.48. The Kier molecular flexibility index (Phi) is 5.13. The van der Waals surface area contributed by atoms with Gasteiger partial charge in [-0.1, -0.05) is 48.5 Å². The fraction of sp³-hybridized carbons (Fsp3) is 0.182. The lowest BCUT2D eigenvalue weighted by Crippen LogP contribution is -2.16. The largest absolute Gasteiger partial charge is 0.343 e. The van der Waals surface area contributed by atoms with Gasteiger partial charge in [0.2, 0.25) is 0 Å². The summed E-state index contributed by atoms with van der Waals surface area (Å²) >= 11 is 0. The van der Waals surface area contributed by atoms with Gasteiger partial charge in [0.15, 0.2) is 11.6 Å². The topological polar surface area (TPSA) is 96.4 Å². The fourth-order valence-electron chi connectivity index (χ4n) is 3.51. The van der Waals surface area contributed by atoms with Crippen LogP contribution in [0.25, 0.3) is 34.2 Å². The predicted molar refractivity (Wildman–Crippen MR) is 117 cm³/mol. The summed E-state index contributed by atoms with van der Waals surface area (Å²) in [5.74, 6) is 1.21. The minimum Gasteiger partial charge on any atom is -0.335 e. The van der Waals surface area contributed by atoms with Crippen LogP contribution in [0, 0.1) is 0 Å². The van der Waals surface area contributed by atoms with Crippen molar-refractivity contribution in [3.05, 3.63) is 70.6 Å². The second-order valence-electron chi connectivity index (χ2n) is 7.27. The molecule has 4 aromatic rings. The van der Waals surface area contributed by atoms with E-state index in [0.29, 0.717) is 28.6 Å². The standard InChI is InChI=1S/C22H19N5O2.ClH/c1-13(28)15-8-5-9-16(12-15)18-19(21-25-26-22(29)27(21)17-10-11-17)24-20(23-18)14-6-3-2-4-7-14;/h2-9,12,17H,10-11H2,1H3,(H,23,24)(H,26,29);1H. The number of hydrogen-bond acceptors (Lipinski definition) is 4. The lowest BCUT2D eigenvalue weighted by Gasteiger charge is -2.05. The van der Waals surface area contributed by atoms with Crippen LogP contribution in [0.15, 0.2) is 59.4 Å². The molecule has 2 N–H and O–H groups in total. The number of H-pyrrole nitrogens is 2. The molecule has 1 aliphatic carbocycles.